The molecule has 1 saturated heterocycles. The van der Waals surface area contributed by atoms with Gasteiger partial charge < -0.3 is 10.6 Å². The van der Waals surface area contributed by atoms with E-state index in [-0.39, 0.29) is 17.6 Å². The third kappa shape index (κ3) is 2.81. The molecule has 1 aliphatic heterocycles. The Bertz CT molecular complexity index is 515. The fraction of sp³-hybridized carbons (Fsp3) is 0.692. The number of nitrogens with one attached hydrogen (secondary N) is 1. The average Bonchev–Trinajstić information content (AvgIpc) is 3.16. The first-order chi connectivity index (χ1) is 9.63. The Labute approximate surface area is 116 Å². The maximum atomic E-state index is 12.3. The van der Waals surface area contributed by atoms with E-state index in [1.54, 1.807) is 4.90 Å². The second-order valence-electron chi connectivity index (χ2n) is 5.72. The quantitative estimate of drug-likeness (QED) is 0.831. The Morgan fingerprint density at radius 3 is 2.55 bits per heavy atom. The number of likely N-dealkylation sites (tertiary alicyclic amines) is 1. The van der Waals surface area contributed by atoms with E-state index in [1.165, 1.54) is 0 Å². The molecule has 1 aromatic heterocycles. The number of aromatic nitrogens is 3. The molecule has 0 spiro atoms. The number of piperidine rings is 1. The van der Waals surface area contributed by atoms with Crippen LogP contribution in [0.1, 0.15) is 54.5 Å². The molecule has 20 heavy (non-hydrogen) atoms. The lowest BCUT2D eigenvalue weighted by Gasteiger charge is -2.30. The summed E-state index contributed by atoms with van der Waals surface area (Å²) in [5, 5.41) is 6.87. The number of hydrogen-bond donors (Lipinski definition) is 2. The van der Waals surface area contributed by atoms with Gasteiger partial charge in [0.2, 0.25) is 11.7 Å². The molecule has 2 heterocycles. The van der Waals surface area contributed by atoms with E-state index in [2.05, 4.69) is 15.2 Å². The fourth-order valence-corrected chi connectivity index (χ4v) is 2.68. The first kappa shape index (κ1) is 13.1. The van der Waals surface area contributed by atoms with Gasteiger partial charge in [-0.25, -0.2) is 4.98 Å². The van der Waals surface area contributed by atoms with Crippen LogP contribution in [0.3, 0.4) is 0 Å². The van der Waals surface area contributed by atoms with E-state index in [4.69, 9.17) is 5.73 Å². The van der Waals surface area contributed by atoms with Crippen molar-refractivity contribution in [2.24, 2.45) is 11.7 Å². The van der Waals surface area contributed by atoms with Crippen LogP contribution in [-0.2, 0) is 4.79 Å². The number of nitrogens with zero attached hydrogens (tertiary/aromatic N) is 3. The van der Waals surface area contributed by atoms with Crippen molar-refractivity contribution in [3.05, 3.63) is 11.6 Å². The Kier molecular flexibility index (Phi) is 3.42. The van der Waals surface area contributed by atoms with Gasteiger partial charge in [0.15, 0.2) is 0 Å². The highest BCUT2D eigenvalue weighted by molar-refractivity contribution is 5.90. The van der Waals surface area contributed by atoms with Crippen molar-refractivity contribution in [2.75, 3.05) is 13.1 Å². The zero-order valence-electron chi connectivity index (χ0n) is 11.3. The van der Waals surface area contributed by atoms with Crippen molar-refractivity contribution >= 4 is 11.8 Å². The summed E-state index contributed by atoms with van der Waals surface area (Å²) < 4.78 is 0. The van der Waals surface area contributed by atoms with Crippen LogP contribution < -0.4 is 5.73 Å². The number of carbonyl (C=O) groups is 2. The van der Waals surface area contributed by atoms with Crippen LogP contribution in [0, 0.1) is 5.92 Å². The molecule has 2 aliphatic rings. The zero-order valence-corrected chi connectivity index (χ0v) is 11.3. The standard InChI is InChI=1S/C13H19N5O2/c14-10(19)7-8-3-5-18(6-4-8)13(20)12-15-11(16-17-12)9-1-2-9/h8-9H,1-7H2,(H2,14,19)(H,15,16,17). The molecule has 3 rings (SSSR count). The highest BCUT2D eigenvalue weighted by atomic mass is 16.2. The van der Waals surface area contributed by atoms with Gasteiger partial charge in [0.05, 0.1) is 0 Å². The minimum absolute atomic E-state index is 0.120. The second kappa shape index (κ2) is 5.22. The number of aromatic amines is 1. The van der Waals surface area contributed by atoms with Gasteiger partial charge in [0, 0.05) is 25.4 Å². The van der Waals surface area contributed by atoms with E-state index in [0.717, 1.165) is 31.5 Å². The number of hydrogen-bond acceptors (Lipinski definition) is 4. The molecule has 7 nitrogen and oxygen atoms in total. The topological polar surface area (TPSA) is 105 Å². The van der Waals surface area contributed by atoms with Gasteiger partial charge >= 0.3 is 0 Å². The predicted octanol–water partition coefficient (Wildman–Crippen LogP) is 0.410. The summed E-state index contributed by atoms with van der Waals surface area (Å²) in [6, 6.07) is 0. The predicted molar refractivity (Wildman–Crippen MR) is 70.8 cm³/mol. The van der Waals surface area contributed by atoms with E-state index < -0.39 is 0 Å². The zero-order chi connectivity index (χ0) is 14.1. The molecule has 108 valence electrons. The normalized spacial score (nSPS) is 20.1. The minimum atomic E-state index is -0.266. The molecular weight excluding hydrogens is 258 g/mol. The molecule has 0 atom stereocenters. The Morgan fingerprint density at radius 2 is 1.95 bits per heavy atom. The van der Waals surface area contributed by atoms with E-state index in [1.807, 2.05) is 0 Å². The number of nitrogens with two attached hydrogens (primary N) is 1. The van der Waals surface area contributed by atoms with Gasteiger partial charge in [-0.2, -0.15) is 0 Å². The molecule has 1 aromatic rings. The van der Waals surface area contributed by atoms with E-state index in [0.29, 0.717) is 31.3 Å². The minimum Gasteiger partial charge on any atom is -0.370 e. The number of H-pyrrole nitrogens is 1. The SMILES string of the molecule is NC(=O)CC1CCN(C(=O)c2n[nH]c(C3CC3)n2)CC1. The van der Waals surface area contributed by atoms with Gasteiger partial charge in [0.1, 0.15) is 5.82 Å². The van der Waals surface area contributed by atoms with Gasteiger partial charge in [0.25, 0.3) is 5.91 Å². The maximum Gasteiger partial charge on any atom is 0.293 e. The van der Waals surface area contributed by atoms with Crippen molar-refractivity contribution in [3.8, 4) is 0 Å². The van der Waals surface area contributed by atoms with Crippen LogP contribution >= 0.6 is 0 Å². The van der Waals surface area contributed by atoms with Crippen molar-refractivity contribution < 1.29 is 9.59 Å². The molecule has 0 unspecified atom stereocenters. The van der Waals surface area contributed by atoms with Crippen LogP contribution in [0.2, 0.25) is 0 Å². The molecule has 1 saturated carbocycles. The third-order valence-electron chi connectivity index (χ3n) is 4.05. The summed E-state index contributed by atoms with van der Waals surface area (Å²) in [4.78, 5) is 29.2. The molecule has 1 aliphatic carbocycles. The summed E-state index contributed by atoms with van der Waals surface area (Å²) in [5.74, 6) is 1.47. The lowest BCUT2D eigenvalue weighted by Crippen LogP contribution is -2.39. The number of carbonyl (C=O) groups excluding carboxylic acids is 2. The average molecular weight is 277 g/mol. The molecular formula is C13H19N5O2. The molecule has 0 radical (unpaired) electrons. The first-order valence-electron chi connectivity index (χ1n) is 7.13. The first-order valence-corrected chi connectivity index (χ1v) is 7.13. The molecule has 3 N–H and O–H groups in total. The fourth-order valence-electron chi connectivity index (χ4n) is 2.68. The highest BCUT2D eigenvalue weighted by Gasteiger charge is 2.30. The van der Waals surface area contributed by atoms with E-state index in [9.17, 15) is 9.59 Å². The van der Waals surface area contributed by atoms with Gasteiger partial charge in [-0.3, -0.25) is 14.7 Å². The largest absolute Gasteiger partial charge is 0.370 e. The van der Waals surface area contributed by atoms with Crippen LogP contribution in [0.15, 0.2) is 0 Å². The molecule has 2 amide bonds. The van der Waals surface area contributed by atoms with Gasteiger partial charge in [-0.05, 0) is 31.6 Å². The molecule has 0 aromatic carbocycles. The summed E-state index contributed by atoms with van der Waals surface area (Å²) in [6.45, 7) is 1.29. The van der Waals surface area contributed by atoms with E-state index >= 15 is 0 Å². The lowest BCUT2D eigenvalue weighted by molar-refractivity contribution is -0.119. The van der Waals surface area contributed by atoms with Crippen molar-refractivity contribution in [1.82, 2.24) is 20.1 Å². The highest BCUT2D eigenvalue weighted by Crippen LogP contribution is 2.37. The third-order valence-corrected chi connectivity index (χ3v) is 4.05. The van der Waals surface area contributed by atoms with Crippen molar-refractivity contribution in [1.29, 1.82) is 0 Å². The van der Waals surface area contributed by atoms with Crippen LogP contribution in [0.4, 0.5) is 0 Å². The Morgan fingerprint density at radius 1 is 1.25 bits per heavy atom. The Balaban J connectivity index is 1.56. The number of amides is 2. The summed E-state index contributed by atoms with van der Waals surface area (Å²) in [5.41, 5.74) is 5.20. The summed E-state index contributed by atoms with van der Waals surface area (Å²) in [6.07, 6.45) is 4.29. The monoisotopic (exact) mass is 277 g/mol. The number of rotatable bonds is 4. The number of primary amides is 1. The summed E-state index contributed by atoms with van der Waals surface area (Å²) in [7, 11) is 0. The van der Waals surface area contributed by atoms with Crippen LogP contribution in [0.25, 0.3) is 0 Å². The Hall–Kier alpha value is -1.92. The van der Waals surface area contributed by atoms with Crippen molar-refractivity contribution in [2.45, 2.75) is 38.0 Å². The van der Waals surface area contributed by atoms with Crippen LogP contribution in [0.5, 0.6) is 0 Å². The van der Waals surface area contributed by atoms with Crippen LogP contribution in [-0.4, -0.2) is 45.0 Å². The maximum absolute atomic E-state index is 12.3. The summed E-state index contributed by atoms with van der Waals surface area (Å²) >= 11 is 0. The molecule has 0 bridgehead atoms. The lowest BCUT2D eigenvalue weighted by atomic mass is 9.93. The molecule has 2 fully saturated rings. The molecule has 7 heteroatoms. The smallest absolute Gasteiger partial charge is 0.293 e. The van der Waals surface area contributed by atoms with Gasteiger partial charge in [-0.15, -0.1) is 5.10 Å². The van der Waals surface area contributed by atoms with Crippen molar-refractivity contribution in [3.63, 3.8) is 0 Å². The second-order valence-corrected chi connectivity index (χ2v) is 5.72. The van der Waals surface area contributed by atoms with Gasteiger partial charge in [-0.1, -0.05) is 0 Å².